The van der Waals surface area contributed by atoms with E-state index in [0.29, 0.717) is 0 Å². The summed E-state index contributed by atoms with van der Waals surface area (Å²) >= 11 is 0. The first-order valence-electron chi connectivity index (χ1n) is 11.1. The Morgan fingerprint density at radius 1 is 0.793 bits per heavy atom. The fourth-order valence-electron chi connectivity index (χ4n) is 4.44. The predicted octanol–water partition coefficient (Wildman–Crippen LogP) is 3.62. The lowest BCUT2D eigenvalue weighted by Crippen LogP contribution is -2.32. The molecule has 0 saturated carbocycles. The van der Waals surface area contributed by atoms with E-state index in [1.807, 2.05) is 0 Å². The van der Waals surface area contributed by atoms with Gasteiger partial charge in [0.25, 0.3) is 0 Å². The normalized spacial score (nSPS) is 17.4. The zero-order valence-electron chi connectivity index (χ0n) is 17.4. The van der Waals surface area contributed by atoms with Gasteiger partial charge in [-0.15, -0.1) is 0 Å². The van der Waals surface area contributed by atoms with Gasteiger partial charge in [0.15, 0.2) is 0 Å². The van der Waals surface area contributed by atoms with Crippen LogP contribution >= 0.6 is 0 Å². The minimum Gasteiger partial charge on any atom is -0.330 e. The van der Waals surface area contributed by atoms with Crippen LogP contribution in [0.1, 0.15) is 30.4 Å². The van der Waals surface area contributed by atoms with Crippen molar-refractivity contribution in [2.75, 3.05) is 39.3 Å². The maximum absolute atomic E-state index is 5.74. The van der Waals surface area contributed by atoms with Gasteiger partial charge in [-0.25, -0.2) is 0 Å². The zero-order valence-corrected chi connectivity index (χ0v) is 17.4. The maximum Gasteiger partial charge on any atom is 0.0211 e. The van der Waals surface area contributed by atoms with E-state index in [9.17, 15) is 0 Å². The first-order chi connectivity index (χ1) is 14.3. The highest BCUT2D eigenvalue weighted by atomic mass is 15.1. The van der Waals surface area contributed by atoms with Crippen molar-refractivity contribution in [2.45, 2.75) is 32.4 Å². The number of hydrogen-bond acceptors (Lipinski definition) is 4. The summed E-state index contributed by atoms with van der Waals surface area (Å²) in [6.45, 7) is 8.12. The number of rotatable bonds is 3. The summed E-state index contributed by atoms with van der Waals surface area (Å²) in [5.41, 5.74) is 8.51. The van der Waals surface area contributed by atoms with Crippen molar-refractivity contribution in [1.82, 2.24) is 15.5 Å². The highest BCUT2D eigenvalue weighted by Gasteiger charge is 2.08. The molecule has 0 saturated heterocycles. The third-order valence-corrected chi connectivity index (χ3v) is 6.03. The predicted molar refractivity (Wildman–Crippen MR) is 124 cm³/mol. The van der Waals surface area contributed by atoms with Gasteiger partial charge in [0.05, 0.1) is 0 Å². The van der Waals surface area contributed by atoms with E-state index in [0.717, 1.165) is 58.8 Å². The van der Waals surface area contributed by atoms with Gasteiger partial charge in [-0.2, -0.15) is 0 Å². The Bertz CT molecular complexity index is 868. The Hall–Kier alpha value is -1.98. The molecule has 1 heterocycles. The first kappa shape index (κ1) is 20.3. The summed E-state index contributed by atoms with van der Waals surface area (Å²) in [5.74, 6) is 0. The van der Waals surface area contributed by atoms with Crippen LogP contribution in [-0.2, 0) is 13.1 Å². The summed E-state index contributed by atoms with van der Waals surface area (Å²) in [5, 5.41) is 12.8. The van der Waals surface area contributed by atoms with Crippen LogP contribution in [0.5, 0.6) is 0 Å². The average Bonchev–Trinajstić information content (AvgIpc) is 2.74. The first-order valence-corrected chi connectivity index (χ1v) is 11.1. The molecule has 0 spiro atoms. The van der Waals surface area contributed by atoms with E-state index in [1.54, 1.807) is 0 Å². The summed E-state index contributed by atoms with van der Waals surface area (Å²) < 4.78 is 0. The Labute approximate surface area is 174 Å². The topological polar surface area (TPSA) is 53.3 Å². The Kier molecular flexibility index (Phi) is 7.12. The maximum atomic E-state index is 5.74. The van der Waals surface area contributed by atoms with Crippen molar-refractivity contribution in [3.63, 3.8) is 0 Å². The van der Waals surface area contributed by atoms with E-state index in [2.05, 4.69) is 64.1 Å². The summed E-state index contributed by atoms with van der Waals surface area (Å²) in [6.07, 6.45) is 3.44. The number of nitrogens with two attached hydrogens (primary N) is 1. The molecule has 29 heavy (non-hydrogen) atoms. The molecule has 0 fully saturated rings. The van der Waals surface area contributed by atoms with E-state index in [1.165, 1.54) is 45.5 Å². The Morgan fingerprint density at radius 2 is 1.38 bits per heavy atom. The van der Waals surface area contributed by atoms with Crippen molar-refractivity contribution in [3.8, 4) is 0 Å². The third-order valence-electron chi connectivity index (χ3n) is 6.03. The highest BCUT2D eigenvalue weighted by molar-refractivity contribution is 6.00. The fraction of sp³-hybridized carbons (Fsp3) is 0.440. The van der Waals surface area contributed by atoms with Gasteiger partial charge in [0, 0.05) is 13.1 Å². The molecule has 1 aliphatic heterocycles. The van der Waals surface area contributed by atoms with E-state index < -0.39 is 0 Å². The van der Waals surface area contributed by atoms with Crippen LogP contribution in [0.15, 0.2) is 48.5 Å². The van der Waals surface area contributed by atoms with Crippen molar-refractivity contribution < 1.29 is 0 Å². The smallest absolute Gasteiger partial charge is 0.0211 e. The molecule has 0 unspecified atom stereocenters. The van der Waals surface area contributed by atoms with Gasteiger partial charge in [-0.1, -0.05) is 36.4 Å². The molecule has 0 radical (unpaired) electrons. The van der Waals surface area contributed by atoms with Crippen molar-refractivity contribution in [1.29, 1.82) is 0 Å². The molecule has 3 aromatic carbocycles. The van der Waals surface area contributed by atoms with Crippen LogP contribution in [0.3, 0.4) is 0 Å². The molecule has 1 aliphatic rings. The van der Waals surface area contributed by atoms with Crippen molar-refractivity contribution in [3.05, 3.63) is 59.7 Å². The quantitative estimate of drug-likeness (QED) is 0.598. The molecule has 0 amide bonds. The SMILES string of the molecule is NCCCN1CCCNCc2cccc3cc4cccc(c4cc23)CNCCC1. The molecule has 4 rings (SSSR count). The van der Waals surface area contributed by atoms with Gasteiger partial charge in [0.2, 0.25) is 0 Å². The summed E-state index contributed by atoms with van der Waals surface area (Å²) in [4.78, 5) is 2.58. The van der Waals surface area contributed by atoms with Gasteiger partial charge in [-0.3, -0.25) is 0 Å². The van der Waals surface area contributed by atoms with E-state index >= 15 is 0 Å². The number of benzene rings is 3. The standard InChI is InChI=1S/C25H34N4/c26-10-3-13-29-14-4-11-27-18-22-8-1-6-20-16-21-7-2-9-23(19-28-12-5-15-29)25(21)17-24(20)22/h1-2,6-9,16-17,27-28H,3-5,10-15,18-19,26H2. The molecule has 154 valence electrons. The Balaban J connectivity index is 1.60. The van der Waals surface area contributed by atoms with Crippen LogP contribution in [0.25, 0.3) is 21.5 Å². The molecular formula is C25H34N4. The second-order valence-electron chi connectivity index (χ2n) is 8.17. The molecule has 4 heteroatoms. The fourth-order valence-corrected chi connectivity index (χ4v) is 4.44. The van der Waals surface area contributed by atoms with Gasteiger partial charge < -0.3 is 21.3 Å². The zero-order chi connectivity index (χ0) is 19.9. The molecule has 0 aliphatic carbocycles. The summed E-state index contributed by atoms with van der Waals surface area (Å²) in [6, 6.07) is 18.1. The second kappa shape index (κ2) is 10.2. The highest BCUT2D eigenvalue weighted by Crippen LogP contribution is 2.28. The van der Waals surface area contributed by atoms with Crippen molar-refractivity contribution in [2.24, 2.45) is 5.73 Å². The molecule has 0 aromatic heterocycles. The minimum atomic E-state index is 0.777. The summed E-state index contributed by atoms with van der Waals surface area (Å²) in [7, 11) is 0. The van der Waals surface area contributed by atoms with Crippen LogP contribution in [-0.4, -0.2) is 44.2 Å². The van der Waals surface area contributed by atoms with Crippen LogP contribution in [0, 0.1) is 0 Å². The molecular weight excluding hydrogens is 356 g/mol. The van der Waals surface area contributed by atoms with Gasteiger partial charge in [-0.05, 0) is 103 Å². The molecule has 4 nitrogen and oxygen atoms in total. The minimum absolute atomic E-state index is 0.777. The largest absolute Gasteiger partial charge is 0.330 e. The van der Waals surface area contributed by atoms with E-state index in [4.69, 9.17) is 5.73 Å². The average molecular weight is 391 g/mol. The molecule has 3 aromatic rings. The number of hydrogen-bond donors (Lipinski definition) is 3. The lowest BCUT2D eigenvalue weighted by atomic mass is 9.97. The van der Waals surface area contributed by atoms with Crippen molar-refractivity contribution >= 4 is 21.5 Å². The molecule has 4 N–H and O–H groups in total. The monoisotopic (exact) mass is 390 g/mol. The van der Waals surface area contributed by atoms with Crippen LogP contribution in [0.4, 0.5) is 0 Å². The number of nitrogens with zero attached hydrogens (tertiary/aromatic N) is 1. The molecule has 0 atom stereocenters. The lowest BCUT2D eigenvalue weighted by molar-refractivity contribution is 0.263. The van der Waals surface area contributed by atoms with Crippen LogP contribution < -0.4 is 16.4 Å². The van der Waals surface area contributed by atoms with Gasteiger partial charge >= 0.3 is 0 Å². The lowest BCUT2D eigenvalue weighted by Gasteiger charge is -2.22. The third kappa shape index (κ3) is 5.14. The van der Waals surface area contributed by atoms with E-state index in [-0.39, 0.29) is 0 Å². The van der Waals surface area contributed by atoms with Gasteiger partial charge in [0.1, 0.15) is 0 Å². The Morgan fingerprint density at radius 3 is 1.93 bits per heavy atom. The molecule has 2 bridgehead atoms. The number of nitrogens with one attached hydrogen (secondary N) is 2. The second-order valence-corrected chi connectivity index (χ2v) is 8.17. The van der Waals surface area contributed by atoms with Crippen LogP contribution in [0.2, 0.25) is 0 Å².